The number of aliphatic imine (C=N–C) groups is 3. The summed E-state index contributed by atoms with van der Waals surface area (Å²) < 4.78 is 65.8. The van der Waals surface area contributed by atoms with E-state index in [1.807, 2.05) is 6.92 Å². The summed E-state index contributed by atoms with van der Waals surface area (Å²) >= 11 is 6.10. The molecule has 0 aliphatic carbocycles. The van der Waals surface area contributed by atoms with Gasteiger partial charge in [0.15, 0.2) is 5.15 Å². The van der Waals surface area contributed by atoms with Crippen molar-refractivity contribution in [3.63, 3.8) is 0 Å². The SMILES string of the molecule is CCN=C(\C=C/C(C)=N\C=N/COC1CCOCC1)c1cnc(Cl)c(NS(=O)(=O)c2ccc(F)cc2F)c1. The molecule has 3 rings (SSSR count). The van der Waals surface area contributed by atoms with Crippen LogP contribution < -0.4 is 4.72 Å². The molecule has 2 aromatic rings. The van der Waals surface area contributed by atoms with Crippen LogP contribution in [0.4, 0.5) is 14.5 Å². The van der Waals surface area contributed by atoms with Crippen molar-refractivity contribution < 1.29 is 26.7 Å². The van der Waals surface area contributed by atoms with Gasteiger partial charge in [-0.05, 0) is 57.0 Å². The van der Waals surface area contributed by atoms with Crippen LogP contribution >= 0.6 is 11.6 Å². The number of nitrogens with zero attached hydrogens (tertiary/aromatic N) is 4. The van der Waals surface area contributed by atoms with Crippen LogP contribution in [-0.2, 0) is 19.5 Å². The predicted octanol–water partition coefficient (Wildman–Crippen LogP) is 4.82. The summed E-state index contributed by atoms with van der Waals surface area (Å²) in [5, 5.41) is -0.156. The number of nitrogens with one attached hydrogen (secondary N) is 1. The number of rotatable bonds is 11. The summed E-state index contributed by atoms with van der Waals surface area (Å²) in [6, 6.07) is 3.58. The van der Waals surface area contributed by atoms with Crippen molar-refractivity contribution >= 4 is 45.1 Å². The highest BCUT2D eigenvalue weighted by Gasteiger charge is 2.21. The highest BCUT2D eigenvalue weighted by molar-refractivity contribution is 7.92. The fourth-order valence-electron chi connectivity index (χ4n) is 3.36. The van der Waals surface area contributed by atoms with Gasteiger partial charge in [0.05, 0.1) is 17.5 Å². The van der Waals surface area contributed by atoms with E-state index >= 15 is 0 Å². The Kier molecular flexibility index (Phi) is 11.0. The molecule has 0 atom stereocenters. The molecule has 0 bridgehead atoms. The largest absolute Gasteiger partial charge is 0.381 e. The van der Waals surface area contributed by atoms with Gasteiger partial charge in [-0.15, -0.1) is 0 Å². The summed E-state index contributed by atoms with van der Waals surface area (Å²) in [5.74, 6) is -2.13. The van der Waals surface area contributed by atoms with E-state index in [2.05, 4.69) is 24.7 Å². The van der Waals surface area contributed by atoms with E-state index in [9.17, 15) is 17.2 Å². The van der Waals surface area contributed by atoms with Crippen molar-refractivity contribution in [2.45, 2.75) is 37.7 Å². The number of hydrogen-bond donors (Lipinski definition) is 1. The van der Waals surface area contributed by atoms with Crippen LogP contribution in [0.2, 0.25) is 5.15 Å². The molecule has 9 nitrogen and oxygen atoms in total. The van der Waals surface area contributed by atoms with Crippen LogP contribution in [0.25, 0.3) is 0 Å². The lowest BCUT2D eigenvalue weighted by Crippen LogP contribution is -2.23. The number of anilines is 1. The molecule has 2 heterocycles. The Balaban J connectivity index is 1.71. The second kappa shape index (κ2) is 14.2. The van der Waals surface area contributed by atoms with Crippen LogP contribution in [0.1, 0.15) is 32.3 Å². The monoisotopic (exact) mass is 567 g/mol. The molecule has 38 heavy (non-hydrogen) atoms. The molecule has 13 heteroatoms. The van der Waals surface area contributed by atoms with Gasteiger partial charge in [-0.3, -0.25) is 9.71 Å². The summed E-state index contributed by atoms with van der Waals surface area (Å²) in [6.45, 7) is 5.66. The van der Waals surface area contributed by atoms with Crippen molar-refractivity contribution in [3.8, 4) is 0 Å². The Hall–Kier alpha value is -3.06. The molecule has 1 N–H and O–H groups in total. The maximum absolute atomic E-state index is 14.1. The molecule has 1 aliphatic rings. The highest BCUT2D eigenvalue weighted by Crippen LogP contribution is 2.25. The average Bonchev–Trinajstić information content (AvgIpc) is 2.88. The average molecular weight is 568 g/mol. The molecule has 204 valence electrons. The van der Waals surface area contributed by atoms with Gasteiger partial charge in [-0.25, -0.2) is 32.2 Å². The molecule has 1 saturated heterocycles. The Morgan fingerprint density at radius 3 is 2.74 bits per heavy atom. The molecule has 1 aromatic carbocycles. The van der Waals surface area contributed by atoms with Gasteiger partial charge in [0.2, 0.25) is 0 Å². The quantitative estimate of drug-likeness (QED) is 0.237. The minimum atomic E-state index is -4.41. The van der Waals surface area contributed by atoms with Gasteiger partial charge in [0.1, 0.15) is 29.6 Å². The Morgan fingerprint density at radius 2 is 2.03 bits per heavy atom. The van der Waals surface area contributed by atoms with Gasteiger partial charge in [0, 0.05) is 43.3 Å². The van der Waals surface area contributed by atoms with Crippen LogP contribution in [0.5, 0.6) is 0 Å². The molecule has 0 amide bonds. The number of benzene rings is 1. The van der Waals surface area contributed by atoms with Crippen molar-refractivity contribution in [3.05, 3.63) is 65.0 Å². The fourth-order valence-corrected chi connectivity index (χ4v) is 4.69. The fraction of sp³-hybridized carbons (Fsp3) is 0.360. The second-order valence-corrected chi connectivity index (χ2v) is 10.1. The first kappa shape index (κ1) is 29.5. The molecule has 0 radical (unpaired) electrons. The number of allylic oxidation sites excluding steroid dienone is 2. The molecule has 1 fully saturated rings. The van der Waals surface area contributed by atoms with Crippen molar-refractivity contribution in [2.75, 3.05) is 31.2 Å². The first-order chi connectivity index (χ1) is 18.2. The molecule has 1 aliphatic heterocycles. The third-order valence-electron chi connectivity index (χ3n) is 5.27. The predicted molar refractivity (Wildman–Crippen MR) is 144 cm³/mol. The topological polar surface area (TPSA) is 115 Å². The van der Waals surface area contributed by atoms with E-state index in [1.54, 1.807) is 19.1 Å². The minimum Gasteiger partial charge on any atom is -0.381 e. The zero-order valence-corrected chi connectivity index (χ0v) is 22.5. The number of aromatic nitrogens is 1. The van der Waals surface area contributed by atoms with E-state index in [1.165, 1.54) is 18.6 Å². The maximum Gasteiger partial charge on any atom is 0.264 e. The number of halogens is 3. The summed E-state index contributed by atoms with van der Waals surface area (Å²) in [6.07, 6.45) is 8.11. The number of sulfonamides is 1. The lowest BCUT2D eigenvalue weighted by Gasteiger charge is -2.21. The van der Waals surface area contributed by atoms with Gasteiger partial charge >= 0.3 is 0 Å². The van der Waals surface area contributed by atoms with Crippen LogP contribution in [0.3, 0.4) is 0 Å². The third-order valence-corrected chi connectivity index (χ3v) is 6.97. The normalized spacial score (nSPS) is 16.0. The lowest BCUT2D eigenvalue weighted by molar-refractivity contribution is -0.0290. The Morgan fingerprint density at radius 1 is 1.26 bits per heavy atom. The number of ether oxygens (including phenoxy) is 2. The highest BCUT2D eigenvalue weighted by atomic mass is 35.5. The number of pyridine rings is 1. The lowest BCUT2D eigenvalue weighted by atomic mass is 10.1. The molecule has 0 saturated carbocycles. The number of hydrogen-bond acceptors (Lipinski definition) is 7. The smallest absolute Gasteiger partial charge is 0.264 e. The van der Waals surface area contributed by atoms with Crippen molar-refractivity contribution in [1.82, 2.24) is 4.98 Å². The molecular formula is C25H28ClF2N5O4S. The third kappa shape index (κ3) is 8.76. The van der Waals surface area contributed by atoms with E-state index < -0.39 is 26.6 Å². The summed E-state index contributed by atoms with van der Waals surface area (Å²) in [7, 11) is -4.41. The molecule has 1 aromatic heterocycles. The maximum atomic E-state index is 14.1. The van der Waals surface area contributed by atoms with Gasteiger partial charge in [-0.2, -0.15) is 0 Å². The minimum absolute atomic E-state index is 0.0906. The zero-order valence-electron chi connectivity index (χ0n) is 20.9. The van der Waals surface area contributed by atoms with E-state index in [4.69, 9.17) is 21.1 Å². The van der Waals surface area contributed by atoms with Gasteiger partial charge < -0.3 is 9.47 Å². The Labute approximate surface area is 225 Å². The molecular weight excluding hydrogens is 540 g/mol. The molecule has 0 unspecified atom stereocenters. The van der Waals surface area contributed by atoms with E-state index in [0.717, 1.165) is 25.0 Å². The van der Waals surface area contributed by atoms with E-state index in [-0.39, 0.29) is 23.7 Å². The second-order valence-electron chi connectivity index (χ2n) is 8.11. The van der Waals surface area contributed by atoms with Crippen LogP contribution in [0.15, 0.2) is 62.5 Å². The van der Waals surface area contributed by atoms with Crippen molar-refractivity contribution in [1.29, 1.82) is 0 Å². The van der Waals surface area contributed by atoms with Gasteiger partial charge in [0.25, 0.3) is 10.0 Å². The van der Waals surface area contributed by atoms with Crippen LogP contribution in [0, 0.1) is 11.6 Å². The first-order valence-corrected chi connectivity index (χ1v) is 13.6. The summed E-state index contributed by atoms with van der Waals surface area (Å²) in [5.41, 5.74) is 1.49. The van der Waals surface area contributed by atoms with Gasteiger partial charge in [-0.1, -0.05) is 11.6 Å². The molecule has 0 spiro atoms. The summed E-state index contributed by atoms with van der Waals surface area (Å²) in [4.78, 5) is 16.1. The Bertz CT molecular complexity index is 1340. The standard InChI is InChI=1S/C25H28ClF2N5O4S/c1-3-30-22(6-4-17(2)32-15-29-16-37-20-8-10-36-11-9-20)18-12-23(25(26)31-14-18)33-38(34,35)24-7-5-19(27)13-21(24)28/h4-7,12-15,20,33H,3,8-11,16H2,1-2H3/b6-4-,29-15-,30-22?,32-17-. The van der Waals surface area contributed by atoms with E-state index in [0.29, 0.717) is 42.8 Å². The van der Waals surface area contributed by atoms with Crippen molar-refractivity contribution in [2.24, 2.45) is 15.0 Å². The first-order valence-electron chi connectivity index (χ1n) is 11.8. The zero-order chi connectivity index (χ0) is 27.5. The van der Waals surface area contributed by atoms with Crippen LogP contribution in [-0.4, -0.2) is 63.8 Å².